The number of hydrogen-bond donors (Lipinski definition) is 5. The topological polar surface area (TPSA) is 168 Å². The number of halogens is 1. The zero-order valence-electron chi connectivity index (χ0n) is 22.1. The van der Waals surface area contributed by atoms with Gasteiger partial charge in [-0.05, 0) is 53.3 Å². The van der Waals surface area contributed by atoms with Crippen molar-refractivity contribution in [3.63, 3.8) is 0 Å². The smallest absolute Gasteiger partial charge is 0.323 e. The summed E-state index contributed by atoms with van der Waals surface area (Å²) in [6, 6.07) is -2.05. The fourth-order valence-electron chi connectivity index (χ4n) is 3.61. The molecule has 7 atom stereocenters. The Morgan fingerprint density at radius 2 is 1.89 bits per heavy atom. The van der Waals surface area contributed by atoms with Crippen LogP contribution in [0.4, 0.5) is 4.39 Å². The summed E-state index contributed by atoms with van der Waals surface area (Å²) in [4.78, 5) is 37.3. The Morgan fingerprint density at radius 1 is 1.32 bits per heavy atom. The zero-order valence-corrected chi connectivity index (χ0v) is 23.8. The van der Waals surface area contributed by atoms with Crippen molar-refractivity contribution in [1.29, 1.82) is 0 Å². The Morgan fingerprint density at radius 3 is 2.42 bits per heavy atom. The van der Waals surface area contributed by atoms with Crippen molar-refractivity contribution in [3.05, 3.63) is 24.7 Å². The average molecular weight is 583 g/mol. The number of amides is 1. The SMILES string of the molecule is C=C1NC(=O)C=CN1[C@@H]1O[C@](F)(COP(=S)(NC(C)C(=O)OCC)NC(C)C(=O)OC(C)C)[C@@H](O)[C@@]1(C)O. The van der Waals surface area contributed by atoms with E-state index in [9.17, 15) is 24.6 Å². The number of nitrogens with zero attached hydrogens (tertiary/aromatic N) is 1. The number of nitrogens with one attached hydrogen (secondary N) is 3. The van der Waals surface area contributed by atoms with Crippen LogP contribution in [0.3, 0.4) is 0 Å². The molecule has 0 saturated carbocycles. The van der Waals surface area contributed by atoms with Crippen LogP contribution in [0.25, 0.3) is 0 Å². The fraction of sp³-hybridized carbons (Fsp3) is 0.682. The molecule has 0 aromatic heterocycles. The number of alkyl halides is 1. The van der Waals surface area contributed by atoms with Crippen LogP contribution in [-0.4, -0.2) is 88.1 Å². The molecule has 38 heavy (non-hydrogen) atoms. The van der Waals surface area contributed by atoms with Gasteiger partial charge in [0.25, 0.3) is 11.8 Å². The predicted molar refractivity (Wildman–Crippen MR) is 137 cm³/mol. The van der Waals surface area contributed by atoms with Gasteiger partial charge >= 0.3 is 11.9 Å². The van der Waals surface area contributed by atoms with Gasteiger partial charge in [-0.1, -0.05) is 6.58 Å². The number of ether oxygens (including phenoxy) is 3. The molecule has 2 rings (SSSR count). The highest BCUT2D eigenvalue weighted by Crippen LogP contribution is 2.47. The largest absolute Gasteiger partial charge is 0.465 e. The molecule has 2 aliphatic rings. The second-order valence-corrected chi connectivity index (χ2v) is 12.7. The van der Waals surface area contributed by atoms with Crippen molar-refractivity contribution in [2.75, 3.05) is 13.2 Å². The lowest BCUT2D eigenvalue weighted by Gasteiger charge is -2.36. The summed E-state index contributed by atoms with van der Waals surface area (Å²) in [5.41, 5.74) is -2.20. The Bertz CT molecular complexity index is 1010. The van der Waals surface area contributed by atoms with E-state index < -0.39 is 73.0 Å². The van der Waals surface area contributed by atoms with Gasteiger partial charge in [0, 0.05) is 12.3 Å². The second kappa shape index (κ2) is 12.5. The highest BCUT2D eigenvalue weighted by molar-refractivity contribution is 8.10. The van der Waals surface area contributed by atoms with Crippen molar-refractivity contribution in [2.45, 2.75) is 83.5 Å². The molecule has 5 N–H and O–H groups in total. The number of carbonyl (C=O) groups excluding carboxylic acids is 3. The van der Waals surface area contributed by atoms with Crippen LogP contribution in [0.15, 0.2) is 24.7 Å². The van der Waals surface area contributed by atoms with E-state index >= 15 is 4.39 Å². The molecule has 0 spiro atoms. The minimum Gasteiger partial charge on any atom is -0.465 e. The van der Waals surface area contributed by atoms with E-state index in [1.807, 2.05) is 0 Å². The minimum absolute atomic E-state index is 0.0191. The molecule has 0 aromatic rings. The van der Waals surface area contributed by atoms with Gasteiger partial charge in [0.2, 0.25) is 0 Å². The summed E-state index contributed by atoms with van der Waals surface area (Å²) in [7, 11) is 0. The Hall–Kier alpha value is -1.97. The maximum Gasteiger partial charge on any atom is 0.323 e. The van der Waals surface area contributed by atoms with Gasteiger partial charge in [-0.15, -0.1) is 0 Å². The zero-order chi connectivity index (χ0) is 29.1. The third-order valence-corrected chi connectivity index (χ3v) is 8.40. The van der Waals surface area contributed by atoms with Crippen LogP contribution in [0.1, 0.15) is 41.5 Å². The standard InChI is InChI=1S/C22H36FN4O9PS/c1-8-33-17(29)13(4)25-37(38,26-14(5)18(30)35-12(2)3)34-11-22(23)19(31)21(7,32)20(36-22)27-10-9-16(28)24-15(27)6/h9-10,12-14,19-20,31-32H,6,8,11H2,1-5,7H3,(H,24,28)(H2,25,26,38)/t13?,14?,19-,20+,21+,22+,37?/m0/s1. The van der Waals surface area contributed by atoms with E-state index in [1.54, 1.807) is 20.8 Å². The number of rotatable bonds is 12. The van der Waals surface area contributed by atoms with E-state index in [1.165, 1.54) is 20.0 Å². The molecule has 1 fully saturated rings. The maximum atomic E-state index is 16.0. The van der Waals surface area contributed by atoms with E-state index in [-0.39, 0.29) is 12.4 Å². The lowest BCUT2D eigenvalue weighted by molar-refractivity contribution is -0.205. The maximum absolute atomic E-state index is 16.0. The number of hydrogen-bond acceptors (Lipinski definition) is 11. The van der Waals surface area contributed by atoms with Crippen molar-refractivity contribution in [1.82, 2.24) is 20.4 Å². The van der Waals surface area contributed by atoms with E-state index in [4.69, 9.17) is 30.5 Å². The molecule has 0 bridgehead atoms. The molecular weight excluding hydrogens is 546 g/mol. The van der Waals surface area contributed by atoms with Gasteiger partial charge < -0.3 is 39.2 Å². The van der Waals surface area contributed by atoms with Gasteiger partial charge in [0.15, 0.2) is 12.8 Å². The first-order chi connectivity index (χ1) is 17.5. The van der Waals surface area contributed by atoms with Crippen molar-refractivity contribution < 1.29 is 47.7 Å². The normalized spacial score (nSPS) is 30.5. The van der Waals surface area contributed by atoms with Crippen molar-refractivity contribution in [3.8, 4) is 0 Å². The highest BCUT2D eigenvalue weighted by Gasteiger charge is 2.64. The molecule has 1 amide bonds. The number of aliphatic hydroxyl groups excluding tert-OH is 1. The molecule has 3 unspecified atom stereocenters. The highest BCUT2D eigenvalue weighted by atomic mass is 32.4. The van der Waals surface area contributed by atoms with E-state index in [0.717, 1.165) is 17.9 Å². The third kappa shape index (κ3) is 7.57. The Kier molecular flexibility index (Phi) is 10.6. The molecule has 216 valence electrons. The van der Waals surface area contributed by atoms with Crippen LogP contribution in [0.5, 0.6) is 0 Å². The molecule has 2 heterocycles. The van der Waals surface area contributed by atoms with Crippen LogP contribution in [-0.2, 0) is 44.9 Å². The number of aliphatic hydroxyl groups is 2. The number of carbonyl (C=O) groups is 3. The third-order valence-electron chi connectivity index (χ3n) is 5.50. The van der Waals surface area contributed by atoms with Crippen LogP contribution in [0, 0.1) is 0 Å². The first-order valence-electron chi connectivity index (χ1n) is 11.9. The Labute approximate surface area is 225 Å². The van der Waals surface area contributed by atoms with Crippen molar-refractivity contribution >= 4 is 36.2 Å². The van der Waals surface area contributed by atoms with Gasteiger partial charge in [-0.2, -0.15) is 0 Å². The van der Waals surface area contributed by atoms with E-state index in [2.05, 4.69) is 22.1 Å². The summed E-state index contributed by atoms with van der Waals surface area (Å²) in [6.07, 6.45) is -1.76. The Balaban J connectivity index is 2.28. The second-order valence-electron chi connectivity index (χ2n) is 9.31. The van der Waals surface area contributed by atoms with Crippen LogP contribution in [0.2, 0.25) is 0 Å². The molecule has 0 radical (unpaired) electrons. The summed E-state index contributed by atoms with van der Waals surface area (Å²) < 4.78 is 37.3. The minimum atomic E-state index is -3.63. The quantitative estimate of drug-likeness (QED) is 0.157. The van der Waals surface area contributed by atoms with Gasteiger partial charge in [0.05, 0.1) is 12.7 Å². The summed E-state index contributed by atoms with van der Waals surface area (Å²) in [5, 5.41) is 29.5. The molecule has 2 aliphatic heterocycles. The van der Waals surface area contributed by atoms with Crippen LogP contribution >= 0.6 is 6.57 Å². The molecule has 0 aliphatic carbocycles. The molecular formula is C22H36FN4O9PS. The summed E-state index contributed by atoms with van der Waals surface area (Å²) >= 11 is 5.56. The first kappa shape index (κ1) is 32.2. The van der Waals surface area contributed by atoms with Gasteiger partial charge in [-0.3, -0.25) is 14.4 Å². The van der Waals surface area contributed by atoms with Crippen molar-refractivity contribution in [2.24, 2.45) is 0 Å². The lowest BCUT2D eigenvalue weighted by atomic mass is 9.95. The lowest BCUT2D eigenvalue weighted by Crippen LogP contribution is -2.54. The molecule has 1 saturated heterocycles. The number of esters is 2. The first-order valence-corrected chi connectivity index (χ1v) is 14.6. The summed E-state index contributed by atoms with van der Waals surface area (Å²) in [5.74, 6) is -4.85. The fourth-order valence-corrected chi connectivity index (χ4v) is 6.52. The average Bonchev–Trinajstić information content (AvgIpc) is 2.98. The summed E-state index contributed by atoms with van der Waals surface area (Å²) in [6.45, 7) is 8.06. The van der Waals surface area contributed by atoms with Crippen LogP contribution < -0.4 is 15.5 Å². The molecule has 0 aromatic carbocycles. The van der Waals surface area contributed by atoms with E-state index in [0.29, 0.717) is 0 Å². The van der Waals surface area contributed by atoms with Gasteiger partial charge in [-0.25, -0.2) is 14.6 Å². The molecule has 13 nitrogen and oxygen atoms in total. The monoisotopic (exact) mass is 582 g/mol. The molecule has 16 heteroatoms. The van der Waals surface area contributed by atoms with Gasteiger partial charge in [0.1, 0.15) is 36.2 Å². The predicted octanol–water partition coefficient (Wildman–Crippen LogP) is 0.249.